The molecule has 0 atom stereocenters. The molecule has 0 fully saturated rings. The first-order chi connectivity index (χ1) is 13.0. The Morgan fingerprint density at radius 1 is 1.33 bits per heavy atom. The quantitative estimate of drug-likeness (QED) is 0.790. The second kappa shape index (κ2) is 8.65. The predicted molar refractivity (Wildman–Crippen MR) is 92.0 cm³/mol. The lowest BCUT2D eigenvalue weighted by molar-refractivity contribution is 0.119. The molecule has 0 unspecified atom stereocenters. The second-order valence-electron chi connectivity index (χ2n) is 6.07. The van der Waals surface area contributed by atoms with E-state index in [0.717, 1.165) is 16.0 Å². The van der Waals surface area contributed by atoms with Crippen LogP contribution < -0.4 is 14.8 Å². The largest absolute Gasteiger partial charge is 0.486 e. The molecule has 10 heteroatoms. The Kier molecular flexibility index (Phi) is 6.05. The van der Waals surface area contributed by atoms with Gasteiger partial charge in [-0.25, -0.2) is 23.2 Å². The highest BCUT2D eigenvalue weighted by atomic mass is 19.3. The van der Waals surface area contributed by atoms with Crippen molar-refractivity contribution in [3.8, 4) is 11.5 Å². The fourth-order valence-electron chi connectivity index (χ4n) is 2.67. The number of halogens is 2. The van der Waals surface area contributed by atoms with Crippen LogP contribution in [0.15, 0.2) is 24.5 Å². The normalized spacial score (nSPS) is 12.9. The summed E-state index contributed by atoms with van der Waals surface area (Å²) in [5, 5.41) is 6.54. The maximum absolute atomic E-state index is 12.5. The first-order valence-corrected chi connectivity index (χ1v) is 8.55. The minimum Gasteiger partial charge on any atom is -0.486 e. The molecule has 1 aromatic heterocycles. The number of amides is 2. The summed E-state index contributed by atoms with van der Waals surface area (Å²) >= 11 is 0. The van der Waals surface area contributed by atoms with Crippen molar-refractivity contribution in [3.05, 3.63) is 35.9 Å². The topological polar surface area (TPSA) is 81.5 Å². The molecule has 0 radical (unpaired) electrons. The van der Waals surface area contributed by atoms with Gasteiger partial charge in [-0.3, -0.25) is 0 Å². The van der Waals surface area contributed by atoms with Crippen LogP contribution in [0.2, 0.25) is 0 Å². The third kappa shape index (κ3) is 5.05. The van der Waals surface area contributed by atoms with Gasteiger partial charge >= 0.3 is 6.03 Å². The van der Waals surface area contributed by atoms with E-state index < -0.39 is 13.0 Å². The monoisotopic (exact) mass is 381 g/mol. The summed E-state index contributed by atoms with van der Waals surface area (Å²) < 4.78 is 37.1. The van der Waals surface area contributed by atoms with Gasteiger partial charge in [-0.15, -0.1) is 0 Å². The molecule has 27 heavy (non-hydrogen) atoms. The van der Waals surface area contributed by atoms with Gasteiger partial charge in [-0.05, 0) is 24.1 Å². The minimum absolute atomic E-state index is 0.0859. The first kappa shape index (κ1) is 18.9. The highest BCUT2D eigenvalue weighted by molar-refractivity contribution is 5.73. The fraction of sp³-hybridized carbons (Fsp3) is 0.471. The number of carbonyl (C=O) groups excluding carboxylic acids is 1. The lowest BCUT2D eigenvalue weighted by Gasteiger charge is -2.19. The summed E-state index contributed by atoms with van der Waals surface area (Å²) in [6, 6.07) is 5.36. The second-order valence-corrected chi connectivity index (χ2v) is 6.07. The highest BCUT2D eigenvalue weighted by Gasteiger charge is 2.16. The fourth-order valence-corrected chi connectivity index (χ4v) is 2.67. The molecule has 0 saturated carbocycles. The zero-order chi connectivity index (χ0) is 19.2. The molecular weight excluding hydrogens is 360 g/mol. The lowest BCUT2D eigenvalue weighted by atomic mass is 10.1. The van der Waals surface area contributed by atoms with E-state index in [1.807, 2.05) is 18.2 Å². The van der Waals surface area contributed by atoms with Gasteiger partial charge in [0.2, 0.25) is 0 Å². The number of nitrogens with one attached hydrogen (secondary N) is 1. The van der Waals surface area contributed by atoms with Gasteiger partial charge < -0.3 is 19.7 Å². The third-order valence-corrected chi connectivity index (χ3v) is 4.03. The molecule has 1 aromatic carbocycles. The Balaban J connectivity index is 1.47. The zero-order valence-corrected chi connectivity index (χ0v) is 14.9. The van der Waals surface area contributed by atoms with Gasteiger partial charge in [0, 0.05) is 13.6 Å². The van der Waals surface area contributed by atoms with Gasteiger partial charge in [0.1, 0.15) is 31.9 Å². The number of benzene rings is 1. The van der Waals surface area contributed by atoms with Crippen molar-refractivity contribution >= 4 is 6.03 Å². The van der Waals surface area contributed by atoms with Crippen LogP contribution in [0.1, 0.15) is 11.4 Å². The number of rotatable bonds is 7. The molecule has 0 spiro atoms. The lowest BCUT2D eigenvalue weighted by Crippen LogP contribution is -2.38. The Hall–Kier alpha value is -2.91. The molecule has 2 heterocycles. The average Bonchev–Trinajstić information content (AvgIpc) is 3.07. The van der Waals surface area contributed by atoms with E-state index in [9.17, 15) is 13.6 Å². The van der Waals surface area contributed by atoms with Crippen molar-refractivity contribution < 1.29 is 23.0 Å². The van der Waals surface area contributed by atoms with E-state index in [1.54, 1.807) is 7.05 Å². The molecule has 0 aliphatic carbocycles. The molecule has 0 bridgehead atoms. The van der Waals surface area contributed by atoms with E-state index in [2.05, 4.69) is 15.4 Å². The summed E-state index contributed by atoms with van der Waals surface area (Å²) in [5.41, 5.74) is 1.01. The van der Waals surface area contributed by atoms with Crippen LogP contribution in [0, 0.1) is 0 Å². The third-order valence-electron chi connectivity index (χ3n) is 4.03. The predicted octanol–water partition coefficient (Wildman–Crippen LogP) is 1.70. The van der Waals surface area contributed by atoms with Gasteiger partial charge in [-0.1, -0.05) is 6.07 Å². The van der Waals surface area contributed by atoms with Crippen LogP contribution in [0.3, 0.4) is 0 Å². The highest BCUT2D eigenvalue weighted by Crippen LogP contribution is 2.30. The van der Waals surface area contributed by atoms with Gasteiger partial charge in [0.25, 0.3) is 6.43 Å². The molecule has 146 valence electrons. The molecular formula is C17H21F2N5O3. The molecule has 2 amide bonds. The first-order valence-electron chi connectivity index (χ1n) is 8.55. The number of fused-ring (bicyclic) bond motifs is 1. The molecule has 2 aromatic rings. The van der Waals surface area contributed by atoms with Crippen LogP contribution in [-0.4, -0.2) is 58.9 Å². The number of hydrogen-bond acceptors (Lipinski definition) is 5. The smallest absolute Gasteiger partial charge is 0.317 e. The Morgan fingerprint density at radius 2 is 2.11 bits per heavy atom. The molecule has 8 nitrogen and oxygen atoms in total. The number of hydrogen-bond donors (Lipinski definition) is 1. The maximum Gasteiger partial charge on any atom is 0.317 e. The molecule has 3 rings (SSSR count). The van der Waals surface area contributed by atoms with Gasteiger partial charge in [0.15, 0.2) is 11.5 Å². The van der Waals surface area contributed by atoms with E-state index >= 15 is 0 Å². The van der Waals surface area contributed by atoms with Gasteiger partial charge in [0.05, 0.1) is 6.54 Å². The Morgan fingerprint density at radius 3 is 2.89 bits per heavy atom. The van der Waals surface area contributed by atoms with Crippen LogP contribution >= 0.6 is 0 Å². The van der Waals surface area contributed by atoms with Crippen molar-refractivity contribution in [2.24, 2.45) is 0 Å². The van der Waals surface area contributed by atoms with Crippen LogP contribution in [0.4, 0.5) is 13.6 Å². The standard InChI is InChI=1S/C17H21F2N5O3/c1-23(10-16-21-11-22-24(16)9-15(18)19)17(25)20-5-4-12-2-3-13-14(8-12)27-7-6-26-13/h2-3,8,11,15H,4-7,9-10H2,1H3,(H,20,25). The number of carbonyl (C=O) groups is 1. The molecule has 1 aliphatic rings. The number of nitrogens with zero attached hydrogens (tertiary/aromatic N) is 4. The van der Waals surface area contributed by atoms with Crippen molar-refractivity contribution in [2.45, 2.75) is 25.9 Å². The van der Waals surface area contributed by atoms with Crippen molar-refractivity contribution in [1.29, 1.82) is 0 Å². The number of alkyl halides is 2. The van der Waals surface area contributed by atoms with E-state index in [-0.39, 0.29) is 12.6 Å². The SMILES string of the molecule is CN(Cc1ncnn1CC(F)F)C(=O)NCCc1ccc2c(c1)OCCO2. The van der Waals surface area contributed by atoms with Crippen molar-refractivity contribution in [1.82, 2.24) is 25.0 Å². The van der Waals surface area contributed by atoms with Crippen molar-refractivity contribution in [3.63, 3.8) is 0 Å². The van der Waals surface area contributed by atoms with E-state index in [0.29, 0.717) is 37.8 Å². The number of urea groups is 1. The number of ether oxygens (including phenoxy) is 2. The summed E-state index contributed by atoms with van der Waals surface area (Å²) in [6.07, 6.45) is -0.709. The van der Waals surface area contributed by atoms with Crippen molar-refractivity contribution in [2.75, 3.05) is 26.8 Å². The molecule has 1 aliphatic heterocycles. The maximum atomic E-state index is 12.5. The minimum atomic E-state index is -2.53. The molecule has 1 N–H and O–H groups in total. The average molecular weight is 381 g/mol. The molecule has 0 saturated heterocycles. The summed E-state index contributed by atoms with van der Waals surface area (Å²) in [7, 11) is 1.57. The Labute approximate surface area is 155 Å². The Bertz CT molecular complexity index is 784. The van der Waals surface area contributed by atoms with E-state index in [4.69, 9.17) is 9.47 Å². The summed E-state index contributed by atoms with van der Waals surface area (Å²) in [4.78, 5) is 17.5. The van der Waals surface area contributed by atoms with Crippen LogP contribution in [0.25, 0.3) is 0 Å². The summed E-state index contributed by atoms with van der Waals surface area (Å²) in [6.45, 7) is 1.03. The van der Waals surface area contributed by atoms with Gasteiger partial charge in [-0.2, -0.15) is 5.10 Å². The summed E-state index contributed by atoms with van der Waals surface area (Å²) in [5.74, 6) is 1.74. The van der Waals surface area contributed by atoms with E-state index in [1.165, 1.54) is 11.2 Å². The zero-order valence-electron chi connectivity index (χ0n) is 14.9. The van der Waals surface area contributed by atoms with Crippen LogP contribution in [0.5, 0.6) is 11.5 Å². The number of aromatic nitrogens is 3. The van der Waals surface area contributed by atoms with Crippen LogP contribution in [-0.2, 0) is 19.5 Å².